The molecule has 0 saturated heterocycles. The lowest BCUT2D eigenvalue weighted by Gasteiger charge is -2.04. The summed E-state index contributed by atoms with van der Waals surface area (Å²) >= 11 is 3.29. The molecule has 0 bridgehead atoms. The zero-order valence-electron chi connectivity index (χ0n) is 10.1. The molecule has 0 N–H and O–H groups in total. The van der Waals surface area contributed by atoms with Gasteiger partial charge in [0, 0.05) is 17.7 Å². The van der Waals surface area contributed by atoms with Crippen molar-refractivity contribution in [2.24, 2.45) is 4.99 Å². The van der Waals surface area contributed by atoms with Crippen LogP contribution in [0.15, 0.2) is 33.2 Å². The Bertz CT molecular complexity index is 498. The highest BCUT2D eigenvalue weighted by molar-refractivity contribution is 9.10. The monoisotopic (exact) mass is 313 g/mol. The molecule has 1 aromatic rings. The molecule has 0 radical (unpaired) electrons. The molecule has 18 heavy (non-hydrogen) atoms. The van der Waals surface area contributed by atoms with Crippen molar-refractivity contribution >= 4 is 34.2 Å². The van der Waals surface area contributed by atoms with E-state index in [1.54, 1.807) is 20.0 Å². The minimum Gasteiger partial charge on any atom is -0.462 e. The topological polar surface area (TPSA) is 38.7 Å². The molecule has 0 heterocycles. The van der Waals surface area contributed by atoms with Crippen molar-refractivity contribution in [2.45, 2.75) is 6.92 Å². The zero-order valence-corrected chi connectivity index (χ0v) is 11.7. The van der Waals surface area contributed by atoms with Crippen LogP contribution in [-0.2, 0) is 9.53 Å². The fourth-order valence-corrected chi connectivity index (χ4v) is 1.66. The lowest BCUT2D eigenvalue weighted by molar-refractivity contribution is -0.137. The van der Waals surface area contributed by atoms with Gasteiger partial charge in [-0.2, -0.15) is 0 Å². The van der Waals surface area contributed by atoms with Gasteiger partial charge in [-0.1, -0.05) is 15.9 Å². The molecule has 0 unspecified atom stereocenters. The summed E-state index contributed by atoms with van der Waals surface area (Å²) in [7, 11) is 1.55. The predicted molar refractivity (Wildman–Crippen MR) is 73.1 cm³/mol. The van der Waals surface area contributed by atoms with E-state index < -0.39 is 5.97 Å². The maximum atomic E-state index is 13.1. The minimum atomic E-state index is -0.487. The molecule has 0 aromatic heterocycles. The van der Waals surface area contributed by atoms with Crippen LogP contribution in [0.25, 0.3) is 6.08 Å². The van der Waals surface area contributed by atoms with Gasteiger partial charge in [-0.3, -0.25) is 4.99 Å². The molecule has 0 aliphatic carbocycles. The summed E-state index contributed by atoms with van der Waals surface area (Å²) in [6, 6.07) is 4.24. The van der Waals surface area contributed by atoms with Crippen LogP contribution in [0.4, 0.5) is 4.39 Å². The lowest BCUT2D eigenvalue weighted by Crippen LogP contribution is -2.08. The first-order valence-electron chi connectivity index (χ1n) is 5.34. The van der Waals surface area contributed by atoms with Crippen molar-refractivity contribution in [1.29, 1.82) is 0 Å². The number of esters is 1. The largest absolute Gasteiger partial charge is 0.462 e. The fourth-order valence-electron chi connectivity index (χ4n) is 1.30. The van der Waals surface area contributed by atoms with Gasteiger partial charge < -0.3 is 4.74 Å². The van der Waals surface area contributed by atoms with Crippen molar-refractivity contribution in [3.05, 3.63) is 39.6 Å². The van der Waals surface area contributed by atoms with Gasteiger partial charge in [0.15, 0.2) is 0 Å². The first kappa shape index (κ1) is 14.6. The number of hydrogen-bond acceptors (Lipinski definition) is 3. The highest BCUT2D eigenvalue weighted by atomic mass is 79.9. The van der Waals surface area contributed by atoms with Crippen molar-refractivity contribution in [3.63, 3.8) is 0 Å². The SMILES string of the molecule is CCOC(=O)/C(C=NC)=C/c1cc(F)ccc1Br. The second-order valence-electron chi connectivity index (χ2n) is 3.37. The van der Waals surface area contributed by atoms with Gasteiger partial charge in [-0.25, -0.2) is 9.18 Å². The zero-order chi connectivity index (χ0) is 13.5. The van der Waals surface area contributed by atoms with Gasteiger partial charge in [-0.05, 0) is 36.8 Å². The second kappa shape index (κ2) is 7.06. The Kier molecular flexibility index (Phi) is 5.71. The van der Waals surface area contributed by atoms with Crippen LogP contribution in [0, 0.1) is 5.82 Å². The Morgan fingerprint density at radius 2 is 2.28 bits per heavy atom. The minimum absolute atomic E-state index is 0.269. The smallest absolute Gasteiger partial charge is 0.339 e. The molecule has 3 nitrogen and oxygen atoms in total. The number of carbonyl (C=O) groups excluding carboxylic acids is 1. The van der Waals surface area contributed by atoms with Crippen LogP contribution in [0.2, 0.25) is 0 Å². The molecule has 5 heteroatoms. The van der Waals surface area contributed by atoms with E-state index >= 15 is 0 Å². The van der Waals surface area contributed by atoms with Crippen molar-refractivity contribution in [2.75, 3.05) is 13.7 Å². The van der Waals surface area contributed by atoms with Crippen molar-refractivity contribution in [1.82, 2.24) is 0 Å². The number of halogens is 2. The molecule has 0 fully saturated rings. The lowest BCUT2D eigenvalue weighted by atomic mass is 10.1. The van der Waals surface area contributed by atoms with Gasteiger partial charge in [-0.15, -0.1) is 0 Å². The van der Waals surface area contributed by atoms with Gasteiger partial charge >= 0.3 is 5.97 Å². The third-order valence-corrected chi connectivity index (χ3v) is 2.77. The predicted octanol–water partition coefficient (Wildman–Crippen LogP) is 3.24. The van der Waals surface area contributed by atoms with Gasteiger partial charge in [0.25, 0.3) is 0 Å². The Balaban J connectivity index is 3.15. The first-order valence-corrected chi connectivity index (χ1v) is 6.13. The number of carbonyl (C=O) groups is 1. The number of benzene rings is 1. The van der Waals surface area contributed by atoms with Gasteiger partial charge in [0.1, 0.15) is 5.82 Å². The van der Waals surface area contributed by atoms with Gasteiger partial charge in [0.05, 0.1) is 12.2 Å². The quantitative estimate of drug-likeness (QED) is 0.486. The average molecular weight is 314 g/mol. The van der Waals surface area contributed by atoms with E-state index in [0.29, 0.717) is 10.0 Å². The average Bonchev–Trinajstić information content (AvgIpc) is 2.33. The Hall–Kier alpha value is -1.49. The van der Waals surface area contributed by atoms with Crippen LogP contribution in [0.3, 0.4) is 0 Å². The van der Waals surface area contributed by atoms with E-state index in [2.05, 4.69) is 20.9 Å². The van der Waals surface area contributed by atoms with E-state index in [4.69, 9.17) is 4.74 Å². The highest BCUT2D eigenvalue weighted by Crippen LogP contribution is 2.20. The highest BCUT2D eigenvalue weighted by Gasteiger charge is 2.09. The molecular weight excluding hydrogens is 301 g/mol. The number of rotatable bonds is 4. The maximum absolute atomic E-state index is 13.1. The maximum Gasteiger partial charge on any atom is 0.339 e. The Labute approximate surface area is 113 Å². The number of hydrogen-bond donors (Lipinski definition) is 0. The normalized spacial score (nSPS) is 11.9. The fraction of sp³-hybridized carbons (Fsp3) is 0.231. The Morgan fingerprint density at radius 1 is 1.56 bits per heavy atom. The Morgan fingerprint density at radius 3 is 2.89 bits per heavy atom. The molecule has 0 aliphatic rings. The summed E-state index contributed by atoms with van der Waals surface area (Å²) < 4.78 is 18.7. The standard InChI is InChI=1S/C13H13BrFNO2/c1-3-18-13(17)10(8-16-2)6-9-7-11(15)4-5-12(9)14/h4-8H,3H2,1-2H3/b10-6+,16-8?. The molecule has 0 aliphatic heterocycles. The van der Waals surface area contributed by atoms with E-state index in [9.17, 15) is 9.18 Å². The van der Waals surface area contributed by atoms with Crippen LogP contribution < -0.4 is 0 Å². The van der Waals surface area contributed by atoms with E-state index in [1.807, 2.05) is 0 Å². The summed E-state index contributed by atoms with van der Waals surface area (Å²) in [5.41, 5.74) is 0.823. The van der Waals surface area contributed by atoms with Crippen molar-refractivity contribution < 1.29 is 13.9 Å². The van der Waals surface area contributed by atoms with E-state index in [0.717, 1.165) is 0 Å². The molecule has 96 valence electrons. The third-order valence-electron chi connectivity index (χ3n) is 2.05. The van der Waals surface area contributed by atoms with Crippen LogP contribution in [0.1, 0.15) is 12.5 Å². The summed E-state index contributed by atoms with van der Waals surface area (Å²) in [6.07, 6.45) is 2.91. The van der Waals surface area contributed by atoms with E-state index in [-0.39, 0.29) is 18.0 Å². The van der Waals surface area contributed by atoms with Crippen LogP contribution in [0.5, 0.6) is 0 Å². The van der Waals surface area contributed by atoms with Crippen LogP contribution in [-0.4, -0.2) is 25.8 Å². The summed E-state index contributed by atoms with van der Waals surface area (Å²) in [4.78, 5) is 15.4. The van der Waals surface area contributed by atoms with Crippen LogP contribution >= 0.6 is 15.9 Å². The summed E-state index contributed by atoms with van der Waals surface area (Å²) in [6.45, 7) is 1.99. The number of ether oxygens (including phenoxy) is 1. The summed E-state index contributed by atoms with van der Waals surface area (Å²) in [5, 5.41) is 0. The molecule has 0 saturated carbocycles. The van der Waals surface area contributed by atoms with E-state index in [1.165, 1.54) is 24.4 Å². The molecule has 0 amide bonds. The summed E-state index contributed by atoms with van der Waals surface area (Å²) in [5.74, 6) is -0.861. The van der Waals surface area contributed by atoms with Crippen molar-refractivity contribution in [3.8, 4) is 0 Å². The molecule has 1 rings (SSSR count). The van der Waals surface area contributed by atoms with Gasteiger partial charge in [0.2, 0.25) is 0 Å². The molecule has 0 spiro atoms. The first-order chi connectivity index (χ1) is 8.58. The number of nitrogens with zero attached hydrogens (tertiary/aromatic N) is 1. The molecule has 1 aromatic carbocycles. The number of aliphatic imine (C=N–C) groups is 1. The third kappa shape index (κ3) is 4.07. The second-order valence-corrected chi connectivity index (χ2v) is 4.23. The molecular formula is C13H13BrFNO2. The molecule has 0 atom stereocenters.